The molecule has 0 radical (unpaired) electrons. The third-order valence-electron chi connectivity index (χ3n) is 7.15. The third kappa shape index (κ3) is 4.75. The van der Waals surface area contributed by atoms with Gasteiger partial charge >= 0.3 is 0 Å². The fraction of sp³-hybridized carbons (Fsp3) is 0.560. The Morgan fingerprint density at radius 2 is 1.76 bits per heavy atom. The molecule has 9 heteroatoms. The molecule has 0 spiro atoms. The van der Waals surface area contributed by atoms with Gasteiger partial charge in [-0.3, -0.25) is 0 Å². The molecule has 0 saturated heterocycles. The standard InChI is InChI=1S/C25H35N7O2/c1-33-20-12-7-16(13-21(20)34-2)14-27-23-22-24(32(15-28-22)19-5-3-4-6-19)31-25(30-23)29-18-10-8-17(26)9-11-18/h7,12-13,15,17-19H,3-6,8-11,14,26H2,1-2H3,(H2,27,29,30,31). The predicted molar refractivity (Wildman–Crippen MR) is 134 cm³/mol. The maximum absolute atomic E-state index is 6.10. The summed E-state index contributed by atoms with van der Waals surface area (Å²) in [5.74, 6) is 2.82. The highest BCUT2D eigenvalue weighted by Crippen LogP contribution is 2.34. The number of nitrogens with two attached hydrogens (primary N) is 1. The fourth-order valence-corrected chi connectivity index (χ4v) is 5.18. The van der Waals surface area contributed by atoms with Crippen molar-refractivity contribution in [2.75, 3.05) is 24.9 Å². The summed E-state index contributed by atoms with van der Waals surface area (Å²) in [6, 6.07) is 7.03. The molecule has 4 N–H and O–H groups in total. The Hall–Kier alpha value is -3.07. The number of hydrogen-bond acceptors (Lipinski definition) is 8. The van der Waals surface area contributed by atoms with Gasteiger partial charge in [-0.2, -0.15) is 9.97 Å². The predicted octanol–water partition coefficient (Wildman–Crippen LogP) is 4.25. The molecular weight excluding hydrogens is 430 g/mol. The molecule has 5 rings (SSSR count). The lowest BCUT2D eigenvalue weighted by molar-refractivity contribution is 0.354. The Morgan fingerprint density at radius 1 is 1.00 bits per heavy atom. The summed E-state index contributed by atoms with van der Waals surface area (Å²) >= 11 is 0. The minimum Gasteiger partial charge on any atom is -0.493 e. The van der Waals surface area contributed by atoms with Crippen molar-refractivity contribution in [3.63, 3.8) is 0 Å². The summed E-state index contributed by atoms with van der Waals surface area (Å²) in [5.41, 5.74) is 8.87. The highest BCUT2D eigenvalue weighted by molar-refractivity contribution is 5.84. The first-order chi connectivity index (χ1) is 16.6. The van der Waals surface area contributed by atoms with E-state index in [0.29, 0.717) is 42.1 Å². The molecule has 2 aliphatic carbocycles. The van der Waals surface area contributed by atoms with Gasteiger partial charge in [-0.25, -0.2) is 4.98 Å². The largest absolute Gasteiger partial charge is 0.493 e. The average Bonchev–Trinajstić information content (AvgIpc) is 3.54. The number of imidazole rings is 1. The molecule has 0 aliphatic heterocycles. The SMILES string of the molecule is COc1ccc(CNc2nc(NC3CCC(N)CC3)nc3c2ncn3C2CCCC2)cc1OC. The van der Waals surface area contributed by atoms with Crippen molar-refractivity contribution in [1.29, 1.82) is 0 Å². The topological polar surface area (TPSA) is 112 Å². The number of nitrogens with one attached hydrogen (secondary N) is 2. The first-order valence-electron chi connectivity index (χ1n) is 12.4. The zero-order valence-corrected chi connectivity index (χ0v) is 20.1. The molecule has 0 amide bonds. The Balaban J connectivity index is 1.43. The van der Waals surface area contributed by atoms with E-state index in [9.17, 15) is 0 Å². The van der Waals surface area contributed by atoms with Crippen LogP contribution in [-0.2, 0) is 6.54 Å². The summed E-state index contributed by atoms with van der Waals surface area (Å²) in [6.45, 7) is 0.584. The summed E-state index contributed by atoms with van der Waals surface area (Å²) in [4.78, 5) is 14.5. The van der Waals surface area contributed by atoms with Gasteiger partial charge in [-0.1, -0.05) is 18.9 Å². The smallest absolute Gasteiger partial charge is 0.227 e. The van der Waals surface area contributed by atoms with Gasteiger partial charge in [0.05, 0.1) is 20.5 Å². The summed E-state index contributed by atoms with van der Waals surface area (Å²) in [5, 5.41) is 7.08. The van der Waals surface area contributed by atoms with Gasteiger partial charge < -0.3 is 30.4 Å². The Bertz CT molecular complexity index is 1120. The molecule has 2 heterocycles. The molecule has 2 aliphatic rings. The van der Waals surface area contributed by atoms with E-state index < -0.39 is 0 Å². The molecule has 0 bridgehead atoms. The molecular formula is C25H35N7O2. The molecule has 34 heavy (non-hydrogen) atoms. The zero-order chi connectivity index (χ0) is 23.5. The van der Waals surface area contributed by atoms with Crippen LogP contribution in [0.2, 0.25) is 0 Å². The van der Waals surface area contributed by atoms with Crippen LogP contribution in [0.5, 0.6) is 11.5 Å². The van der Waals surface area contributed by atoms with Crippen LogP contribution in [0.4, 0.5) is 11.8 Å². The van der Waals surface area contributed by atoms with Crippen molar-refractivity contribution in [3.05, 3.63) is 30.1 Å². The Labute approximate surface area is 200 Å². The second-order valence-electron chi connectivity index (χ2n) is 9.46. The van der Waals surface area contributed by atoms with Crippen molar-refractivity contribution in [2.45, 2.75) is 76.0 Å². The van der Waals surface area contributed by atoms with Gasteiger partial charge in [0, 0.05) is 24.7 Å². The van der Waals surface area contributed by atoms with Crippen molar-refractivity contribution >= 4 is 22.9 Å². The first kappa shape index (κ1) is 22.7. The second kappa shape index (κ2) is 10.0. The Morgan fingerprint density at radius 3 is 2.50 bits per heavy atom. The summed E-state index contributed by atoms with van der Waals surface area (Å²) < 4.78 is 13.1. The highest BCUT2D eigenvalue weighted by atomic mass is 16.5. The van der Waals surface area contributed by atoms with E-state index in [4.69, 9.17) is 30.2 Å². The van der Waals surface area contributed by atoms with Crippen LogP contribution < -0.4 is 25.8 Å². The van der Waals surface area contributed by atoms with Gasteiger partial charge in [0.15, 0.2) is 28.5 Å². The van der Waals surface area contributed by atoms with Crippen LogP contribution in [0.25, 0.3) is 11.2 Å². The molecule has 2 aromatic heterocycles. The molecule has 2 saturated carbocycles. The number of rotatable bonds is 8. The van der Waals surface area contributed by atoms with E-state index in [1.54, 1.807) is 14.2 Å². The van der Waals surface area contributed by atoms with Gasteiger partial charge in [-0.15, -0.1) is 0 Å². The number of fused-ring (bicyclic) bond motifs is 1. The van der Waals surface area contributed by atoms with Crippen LogP contribution in [0, 0.1) is 0 Å². The number of anilines is 2. The maximum Gasteiger partial charge on any atom is 0.227 e. The van der Waals surface area contributed by atoms with Crippen LogP contribution >= 0.6 is 0 Å². The van der Waals surface area contributed by atoms with Crippen molar-refractivity contribution in [1.82, 2.24) is 19.5 Å². The van der Waals surface area contributed by atoms with E-state index in [1.165, 1.54) is 25.7 Å². The van der Waals surface area contributed by atoms with Gasteiger partial charge in [0.2, 0.25) is 5.95 Å². The minimum absolute atomic E-state index is 0.309. The second-order valence-corrected chi connectivity index (χ2v) is 9.46. The van der Waals surface area contributed by atoms with E-state index >= 15 is 0 Å². The van der Waals surface area contributed by atoms with Crippen molar-refractivity contribution < 1.29 is 9.47 Å². The van der Waals surface area contributed by atoms with Crippen molar-refractivity contribution in [3.8, 4) is 11.5 Å². The number of methoxy groups -OCH3 is 2. The number of aromatic nitrogens is 4. The number of nitrogens with zero attached hydrogens (tertiary/aromatic N) is 4. The molecule has 0 atom stereocenters. The lowest BCUT2D eigenvalue weighted by Gasteiger charge is -2.27. The number of benzene rings is 1. The lowest BCUT2D eigenvalue weighted by Crippen LogP contribution is -2.33. The summed E-state index contributed by atoms with van der Waals surface area (Å²) in [7, 11) is 3.29. The van der Waals surface area contributed by atoms with Crippen molar-refractivity contribution in [2.24, 2.45) is 5.73 Å². The lowest BCUT2D eigenvalue weighted by atomic mass is 9.92. The Kier molecular flexibility index (Phi) is 6.71. The van der Waals surface area contributed by atoms with Gasteiger partial charge in [0.1, 0.15) is 0 Å². The van der Waals surface area contributed by atoms with Crippen LogP contribution in [0.1, 0.15) is 63.0 Å². The monoisotopic (exact) mass is 465 g/mol. The van der Waals surface area contributed by atoms with E-state index in [2.05, 4.69) is 15.2 Å². The molecule has 0 unspecified atom stereocenters. The maximum atomic E-state index is 6.10. The first-order valence-corrected chi connectivity index (χ1v) is 12.4. The molecule has 2 fully saturated rings. The third-order valence-corrected chi connectivity index (χ3v) is 7.15. The van der Waals surface area contributed by atoms with Crippen LogP contribution in [0.3, 0.4) is 0 Å². The quantitative estimate of drug-likeness (QED) is 0.453. The van der Waals surface area contributed by atoms with E-state index in [0.717, 1.165) is 48.2 Å². The normalized spacial score (nSPS) is 21.0. The molecule has 9 nitrogen and oxygen atoms in total. The zero-order valence-electron chi connectivity index (χ0n) is 20.1. The van der Waals surface area contributed by atoms with Crippen LogP contribution in [-0.4, -0.2) is 45.8 Å². The van der Waals surface area contributed by atoms with Gasteiger partial charge in [-0.05, 0) is 56.2 Å². The van der Waals surface area contributed by atoms with Crippen LogP contribution in [0.15, 0.2) is 24.5 Å². The van der Waals surface area contributed by atoms with E-state index in [1.807, 2.05) is 24.5 Å². The number of hydrogen-bond donors (Lipinski definition) is 3. The molecule has 3 aromatic rings. The number of ether oxygens (including phenoxy) is 2. The molecule has 182 valence electrons. The summed E-state index contributed by atoms with van der Waals surface area (Å²) in [6.07, 6.45) is 10.9. The average molecular weight is 466 g/mol. The fourth-order valence-electron chi connectivity index (χ4n) is 5.18. The van der Waals surface area contributed by atoms with Gasteiger partial charge in [0.25, 0.3) is 0 Å². The highest BCUT2D eigenvalue weighted by Gasteiger charge is 2.24. The molecule has 1 aromatic carbocycles. The van der Waals surface area contributed by atoms with E-state index in [-0.39, 0.29) is 0 Å². The minimum atomic E-state index is 0.309.